The van der Waals surface area contributed by atoms with Gasteiger partial charge in [-0.15, -0.1) is 0 Å². The number of nitrogens with one attached hydrogen (secondary N) is 1. The lowest BCUT2D eigenvalue weighted by Crippen LogP contribution is -2.44. The van der Waals surface area contributed by atoms with Gasteiger partial charge < -0.3 is 14.6 Å². The molecule has 0 radical (unpaired) electrons. The summed E-state index contributed by atoms with van der Waals surface area (Å²) in [5.41, 5.74) is 0.909. The zero-order valence-electron chi connectivity index (χ0n) is 13.1. The van der Waals surface area contributed by atoms with Gasteiger partial charge in [0.15, 0.2) is 5.82 Å². The first kappa shape index (κ1) is 15.0. The third-order valence-corrected chi connectivity index (χ3v) is 4.08. The molecule has 1 aliphatic rings. The van der Waals surface area contributed by atoms with Gasteiger partial charge in [0.2, 0.25) is 0 Å². The topological polar surface area (TPSA) is 63.4 Å². The summed E-state index contributed by atoms with van der Waals surface area (Å²) in [4.78, 5) is 6.87. The molecule has 118 valence electrons. The van der Waals surface area contributed by atoms with Crippen LogP contribution in [0.15, 0.2) is 28.8 Å². The molecule has 1 fully saturated rings. The SMILES string of the molecule is CNC1CCCN(Cc2noc(-c3ccc(OC)cc3)n2)C1. The quantitative estimate of drug-likeness (QED) is 0.910. The molecule has 1 N–H and O–H groups in total. The van der Waals surface area contributed by atoms with Crippen molar-refractivity contribution in [1.29, 1.82) is 0 Å². The minimum atomic E-state index is 0.555. The third-order valence-electron chi connectivity index (χ3n) is 4.08. The van der Waals surface area contributed by atoms with E-state index in [-0.39, 0.29) is 0 Å². The highest BCUT2D eigenvalue weighted by Gasteiger charge is 2.20. The van der Waals surface area contributed by atoms with E-state index < -0.39 is 0 Å². The molecule has 1 saturated heterocycles. The summed E-state index contributed by atoms with van der Waals surface area (Å²) in [6.45, 7) is 2.85. The molecule has 0 spiro atoms. The molecule has 0 bridgehead atoms. The number of piperidine rings is 1. The maximum absolute atomic E-state index is 5.37. The molecule has 1 atom stereocenters. The molecule has 0 amide bonds. The van der Waals surface area contributed by atoms with Crippen LogP contribution in [0.3, 0.4) is 0 Å². The zero-order chi connectivity index (χ0) is 15.4. The van der Waals surface area contributed by atoms with Crippen molar-refractivity contribution in [2.75, 3.05) is 27.2 Å². The Hall–Kier alpha value is -1.92. The number of rotatable bonds is 5. The van der Waals surface area contributed by atoms with E-state index in [2.05, 4.69) is 20.4 Å². The maximum Gasteiger partial charge on any atom is 0.257 e. The second kappa shape index (κ2) is 6.89. The van der Waals surface area contributed by atoms with Gasteiger partial charge in [-0.3, -0.25) is 4.90 Å². The summed E-state index contributed by atoms with van der Waals surface area (Å²) in [6, 6.07) is 8.19. The van der Waals surface area contributed by atoms with E-state index in [0.717, 1.165) is 36.8 Å². The zero-order valence-corrected chi connectivity index (χ0v) is 13.1. The highest BCUT2D eigenvalue weighted by Crippen LogP contribution is 2.21. The van der Waals surface area contributed by atoms with Gasteiger partial charge in [0.05, 0.1) is 13.7 Å². The van der Waals surface area contributed by atoms with E-state index in [1.54, 1.807) is 7.11 Å². The van der Waals surface area contributed by atoms with Crippen LogP contribution in [0.5, 0.6) is 5.75 Å². The van der Waals surface area contributed by atoms with Crippen LogP contribution in [0.4, 0.5) is 0 Å². The Labute approximate surface area is 130 Å². The predicted molar refractivity (Wildman–Crippen MR) is 83.6 cm³/mol. The fourth-order valence-electron chi connectivity index (χ4n) is 2.80. The smallest absolute Gasteiger partial charge is 0.257 e. The Morgan fingerprint density at radius 3 is 2.91 bits per heavy atom. The lowest BCUT2D eigenvalue weighted by Gasteiger charge is -2.31. The lowest BCUT2D eigenvalue weighted by molar-refractivity contribution is 0.182. The van der Waals surface area contributed by atoms with Crippen LogP contribution in [0.25, 0.3) is 11.5 Å². The summed E-state index contributed by atoms with van der Waals surface area (Å²) < 4.78 is 10.5. The molecule has 2 aromatic rings. The number of hydrogen-bond acceptors (Lipinski definition) is 6. The largest absolute Gasteiger partial charge is 0.497 e. The molecule has 0 aliphatic carbocycles. The number of benzene rings is 1. The normalized spacial score (nSPS) is 19.3. The summed E-state index contributed by atoms with van der Waals surface area (Å²) >= 11 is 0. The summed E-state index contributed by atoms with van der Waals surface area (Å²) in [7, 11) is 3.67. The monoisotopic (exact) mass is 302 g/mol. The fraction of sp³-hybridized carbons (Fsp3) is 0.500. The van der Waals surface area contributed by atoms with Crippen LogP contribution in [-0.4, -0.2) is 48.3 Å². The molecule has 6 nitrogen and oxygen atoms in total. The molecular weight excluding hydrogens is 280 g/mol. The average molecular weight is 302 g/mol. The van der Waals surface area contributed by atoms with Gasteiger partial charge >= 0.3 is 0 Å². The number of likely N-dealkylation sites (N-methyl/N-ethyl adjacent to an activating group) is 1. The Kier molecular flexibility index (Phi) is 4.70. The first-order valence-corrected chi connectivity index (χ1v) is 7.65. The minimum absolute atomic E-state index is 0.555. The highest BCUT2D eigenvalue weighted by atomic mass is 16.5. The number of methoxy groups -OCH3 is 1. The molecule has 0 saturated carbocycles. The van der Waals surface area contributed by atoms with Crippen molar-refractivity contribution in [2.45, 2.75) is 25.4 Å². The lowest BCUT2D eigenvalue weighted by atomic mass is 10.1. The first-order valence-electron chi connectivity index (χ1n) is 7.65. The standard InChI is InChI=1S/C16H22N4O2/c1-17-13-4-3-9-20(10-13)11-15-18-16(22-19-15)12-5-7-14(21-2)8-6-12/h5-8,13,17H,3-4,9-11H2,1-2H3. The molecule has 1 unspecified atom stereocenters. The van der Waals surface area contributed by atoms with Crippen molar-refractivity contribution in [2.24, 2.45) is 0 Å². The number of ether oxygens (including phenoxy) is 1. The summed E-state index contributed by atoms with van der Waals surface area (Å²) in [5, 5.41) is 7.44. The van der Waals surface area contributed by atoms with Gasteiger partial charge in [-0.1, -0.05) is 5.16 Å². The van der Waals surface area contributed by atoms with Gasteiger partial charge in [0.1, 0.15) is 5.75 Å². The van der Waals surface area contributed by atoms with Crippen molar-refractivity contribution in [3.05, 3.63) is 30.1 Å². The number of hydrogen-bond donors (Lipinski definition) is 1. The van der Waals surface area contributed by atoms with Gasteiger partial charge in [0.25, 0.3) is 5.89 Å². The van der Waals surface area contributed by atoms with Crippen LogP contribution < -0.4 is 10.1 Å². The first-order chi connectivity index (χ1) is 10.8. The molecule has 1 aliphatic heterocycles. The van der Waals surface area contributed by atoms with E-state index in [4.69, 9.17) is 9.26 Å². The van der Waals surface area contributed by atoms with Crippen molar-refractivity contribution in [1.82, 2.24) is 20.4 Å². The molecule has 22 heavy (non-hydrogen) atoms. The number of likely N-dealkylation sites (tertiary alicyclic amines) is 1. The maximum atomic E-state index is 5.37. The van der Waals surface area contributed by atoms with Gasteiger partial charge in [-0.05, 0) is 50.7 Å². The Morgan fingerprint density at radius 2 is 2.18 bits per heavy atom. The van der Waals surface area contributed by atoms with Crippen molar-refractivity contribution < 1.29 is 9.26 Å². The fourth-order valence-corrected chi connectivity index (χ4v) is 2.80. The minimum Gasteiger partial charge on any atom is -0.497 e. The predicted octanol–water partition coefficient (Wildman–Crippen LogP) is 1.93. The van der Waals surface area contributed by atoms with E-state index in [0.29, 0.717) is 11.9 Å². The average Bonchev–Trinajstić information content (AvgIpc) is 3.03. The Balaban J connectivity index is 1.65. The van der Waals surface area contributed by atoms with Crippen molar-refractivity contribution in [3.8, 4) is 17.2 Å². The second-order valence-corrected chi connectivity index (χ2v) is 5.61. The van der Waals surface area contributed by atoms with E-state index in [9.17, 15) is 0 Å². The van der Waals surface area contributed by atoms with Crippen LogP contribution in [0.2, 0.25) is 0 Å². The van der Waals surface area contributed by atoms with E-state index in [1.165, 1.54) is 12.8 Å². The van der Waals surface area contributed by atoms with Crippen molar-refractivity contribution >= 4 is 0 Å². The van der Waals surface area contributed by atoms with Crippen LogP contribution in [-0.2, 0) is 6.54 Å². The van der Waals surface area contributed by atoms with Crippen molar-refractivity contribution in [3.63, 3.8) is 0 Å². The summed E-state index contributed by atoms with van der Waals surface area (Å²) in [6.07, 6.45) is 2.44. The molecule has 1 aromatic carbocycles. The molecule has 1 aromatic heterocycles. The van der Waals surface area contributed by atoms with Crippen LogP contribution in [0.1, 0.15) is 18.7 Å². The van der Waals surface area contributed by atoms with Crippen LogP contribution in [0, 0.1) is 0 Å². The van der Waals surface area contributed by atoms with Gasteiger partial charge in [-0.2, -0.15) is 4.98 Å². The molecule has 6 heteroatoms. The summed E-state index contributed by atoms with van der Waals surface area (Å²) in [5.74, 6) is 2.11. The van der Waals surface area contributed by atoms with E-state index >= 15 is 0 Å². The van der Waals surface area contributed by atoms with Gasteiger partial charge in [-0.25, -0.2) is 0 Å². The second-order valence-electron chi connectivity index (χ2n) is 5.61. The van der Waals surface area contributed by atoms with Crippen LogP contribution >= 0.6 is 0 Å². The number of aromatic nitrogens is 2. The Morgan fingerprint density at radius 1 is 1.36 bits per heavy atom. The Bertz CT molecular complexity index is 596. The molecule has 3 rings (SSSR count). The number of nitrogens with zero attached hydrogens (tertiary/aromatic N) is 3. The highest BCUT2D eigenvalue weighted by molar-refractivity contribution is 5.54. The van der Waals surface area contributed by atoms with Gasteiger partial charge in [0, 0.05) is 18.2 Å². The molecule has 2 heterocycles. The molecular formula is C16H22N4O2. The van der Waals surface area contributed by atoms with E-state index in [1.807, 2.05) is 31.3 Å². The third kappa shape index (κ3) is 3.45.